The molecule has 23 heavy (non-hydrogen) atoms. The van der Waals surface area contributed by atoms with E-state index in [0.717, 1.165) is 37.1 Å². The van der Waals surface area contributed by atoms with Crippen molar-refractivity contribution in [3.8, 4) is 5.75 Å². The molecule has 0 radical (unpaired) electrons. The van der Waals surface area contributed by atoms with Crippen LogP contribution in [0.15, 0.2) is 12.1 Å². The number of fused-ring (bicyclic) bond motifs is 1. The van der Waals surface area contributed by atoms with Gasteiger partial charge in [0.1, 0.15) is 5.75 Å². The highest BCUT2D eigenvalue weighted by atomic mass is 35.5. The molecular weight excluding hydrogens is 312 g/mol. The lowest BCUT2D eigenvalue weighted by Crippen LogP contribution is -2.55. The van der Waals surface area contributed by atoms with Gasteiger partial charge in [-0.3, -0.25) is 4.79 Å². The van der Waals surface area contributed by atoms with Crippen LogP contribution in [0.3, 0.4) is 0 Å². The zero-order valence-corrected chi connectivity index (χ0v) is 15.0. The Bertz CT molecular complexity index is 558. The Hall–Kier alpha value is -1.26. The summed E-state index contributed by atoms with van der Waals surface area (Å²) in [6.07, 6.45) is 3.52. The number of halogens is 1. The zero-order chi connectivity index (χ0) is 15.9. The number of amides is 1. The molecule has 2 N–H and O–H groups in total. The second kappa shape index (κ2) is 7.10. The number of hydrogen-bond acceptors (Lipinski definition) is 3. The van der Waals surface area contributed by atoms with Gasteiger partial charge in [0.05, 0.1) is 0 Å². The Morgan fingerprint density at radius 3 is 2.70 bits per heavy atom. The highest BCUT2D eigenvalue weighted by molar-refractivity contribution is 5.85. The van der Waals surface area contributed by atoms with Gasteiger partial charge in [-0.05, 0) is 62.8 Å². The van der Waals surface area contributed by atoms with Crippen molar-refractivity contribution >= 4 is 18.3 Å². The van der Waals surface area contributed by atoms with E-state index < -0.39 is 0 Å². The van der Waals surface area contributed by atoms with Crippen molar-refractivity contribution in [2.24, 2.45) is 5.73 Å². The van der Waals surface area contributed by atoms with E-state index >= 15 is 0 Å². The molecule has 1 saturated heterocycles. The lowest BCUT2D eigenvalue weighted by atomic mass is 9.95. The fourth-order valence-electron chi connectivity index (χ4n) is 3.61. The van der Waals surface area contributed by atoms with Crippen molar-refractivity contribution in [2.45, 2.75) is 64.6 Å². The average Bonchev–Trinajstić information content (AvgIpc) is 2.89. The third kappa shape index (κ3) is 3.48. The summed E-state index contributed by atoms with van der Waals surface area (Å²) in [6, 6.07) is 4.36. The van der Waals surface area contributed by atoms with Crippen LogP contribution in [0.5, 0.6) is 5.75 Å². The van der Waals surface area contributed by atoms with Crippen LogP contribution >= 0.6 is 12.4 Å². The van der Waals surface area contributed by atoms with Crippen molar-refractivity contribution < 1.29 is 9.53 Å². The molecule has 1 amide bonds. The van der Waals surface area contributed by atoms with Crippen molar-refractivity contribution in [3.63, 3.8) is 0 Å². The van der Waals surface area contributed by atoms with Gasteiger partial charge in [0, 0.05) is 25.0 Å². The number of rotatable bonds is 2. The summed E-state index contributed by atoms with van der Waals surface area (Å²) in [5.41, 5.74) is 9.69. The van der Waals surface area contributed by atoms with Gasteiger partial charge >= 0.3 is 0 Å². The van der Waals surface area contributed by atoms with E-state index in [1.807, 2.05) is 11.8 Å². The van der Waals surface area contributed by atoms with E-state index in [9.17, 15) is 4.79 Å². The van der Waals surface area contributed by atoms with Crippen molar-refractivity contribution in [3.05, 3.63) is 28.8 Å². The van der Waals surface area contributed by atoms with E-state index in [1.54, 1.807) is 0 Å². The van der Waals surface area contributed by atoms with Crippen LogP contribution in [0.1, 0.15) is 42.9 Å². The van der Waals surface area contributed by atoms with Gasteiger partial charge in [0.2, 0.25) is 0 Å². The van der Waals surface area contributed by atoms with Crippen molar-refractivity contribution in [1.29, 1.82) is 0 Å². The van der Waals surface area contributed by atoms with Crippen LogP contribution < -0.4 is 10.5 Å². The van der Waals surface area contributed by atoms with Crippen LogP contribution in [-0.4, -0.2) is 35.5 Å². The number of aryl methyl sites for hydroxylation is 2. The minimum atomic E-state index is -0.379. The molecule has 3 rings (SSSR count). The van der Waals surface area contributed by atoms with Gasteiger partial charge in [-0.15, -0.1) is 12.4 Å². The summed E-state index contributed by atoms with van der Waals surface area (Å²) in [5, 5.41) is 0. The molecule has 1 aromatic rings. The topological polar surface area (TPSA) is 55.6 Å². The first kappa shape index (κ1) is 18.1. The number of piperidine rings is 1. The van der Waals surface area contributed by atoms with Gasteiger partial charge in [0.25, 0.3) is 5.91 Å². The van der Waals surface area contributed by atoms with Crippen molar-refractivity contribution in [2.75, 3.05) is 6.54 Å². The molecule has 0 aliphatic carbocycles. The molecular formula is C18H27ClN2O2. The fraction of sp³-hybridized carbons (Fsp3) is 0.611. The Balaban J connectivity index is 0.00000192. The quantitative estimate of drug-likeness (QED) is 0.902. The van der Waals surface area contributed by atoms with E-state index in [1.165, 1.54) is 11.1 Å². The summed E-state index contributed by atoms with van der Waals surface area (Å²) < 4.78 is 5.95. The Labute approximate surface area is 144 Å². The summed E-state index contributed by atoms with van der Waals surface area (Å²) >= 11 is 0. The molecule has 0 spiro atoms. The Kier molecular flexibility index (Phi) is 5.58. The third-order valence-corrected chi connectivity index (χ3v) is 5.07. The van der Waals surface area contributed by atoms with Crippen LogP contribution in [0.4, 0.5) is 0 Å². The summed E-state index contributed by atoms with van der Waals surface area (Å²) in [6.45, 7) is 6.97. The highest BCUT2D eigenvalue weighted by Gasteiger charge is 2.37. The molecule has 2 aliphatic heterocycles. The molecule has 3 atom stereocenters. The number of carbonyl (C=O) groups excluding carboxylic acids is 1. The van der Waals surface area contributed by atoms with Gasteiger partial charge < -0.3 is 15.4 Å². The number of ether oxygens (including phenoxy) is 1. The Morgan fingerprint density at radius 2 is 2.00 bits per heavy atom. The van der Waals surface area contributed by atoms with Crippen LogP contribution in [-0.2, 0) is 11.2 Å². The van der Waals surface area contributed by atoms with E-state index in [4.69, 9.17) is 10.5 Å². The average molecular weight is 339 g/mol. The van der Waals surface area contributed by atoms with E-state index in [2.05, 4.69) is 26.0 Å². The summed E-state index contributed by atoms with van der Waals surface area (Å²) in [5.74, 6) is 0.976. The van der Waals surface area contributed by atoms with Gasteiger partial charge in [-0.1, -0.05) is 6.07 Å². The summed E-state index contributed by atoms with van der Waals surface area (Å²) in [4.78, 5) is 14.9. The first-order valence-electron chi connectivity index (χ1n) is 8.30. The molecule has 3 unspecified atom stereocenters. The Morgan fingerprint density at radius 1 is 1.30 bits per heavy atom. The maximum absolute atomic E-state index is 12.9. The van der Waals surface area contributed by atoms with Gasteiger partial charge in [-0.2, -0.15) is 0 Å². The summed E-state index contributed by atoms with van der Waals surface area (Å²) in [7, 11) is 0. The molecule has 0 aromatic heterocycles. The second-order valence-electron chi connectivity index (χ2n) is 6.81. The molecule has 0 saturated carbocycles. The molecule has 4 nitrogen and oxygen atoms in total. The predicted octanol–water partition coefficient (Wildman–Crippen LogP) is 2.76. The standard InChI is InChI=1S/C18H26N2O2.ClH/c1-11-8-14-10-17(22-16(14)9-12(11)2)18(21)20-7-5-4-6-15(20)13(3)19;/h8-9,13,15,17H,4-7,10,19H2,1-3H3;1H. The monoisotopic (exact) mass is 338 g/mol. The second-order valence-corrected chi connectivity index (χ2v) is 6.81. The number of hydrogen-bond donors (Lipinski definition) is 1. The molecule has 1 fully saturated rings. The maximum atomic E-state index is 12.9. The highest BCUT2D eigenvalue weighted by Crippen LogP contribution is 2.33. The lowest BCUT2D eigenvalue weighted by molar-refractivity contribution is -0.142. The molecule has 2 aliphatic rings. The maximum Gasteiger partial charge on any atom is 0.264 e. The normalized spacial score (nSPS) is 24.4. The first-order chi connectivity index (χ1) is 10.5. The minimum absolute atomic E-state index is 0. The van der Waals surface area contributed by atoms with Crippen LogP contribution in [0, 0.1) is 13.8 Å². The van der Waals surface area contributed by atoms with Gasteiger partial charge in [0.15, 0.2) is 6.10 Å². The number of benzene rings is 1. The number of carbonyl (C=O) groups is 1. The van der Waals surface area contributed by atoms with E-state index in [-0.39, 0.29) is 36.5 Å². The molecule has 128 valence electrons. The third-order valence-electron chi connectivity index (χ3n) is 5.07. The largest absolute Gasteiger partial charge is 0.480 e. The van der Waals surface area contributed by atoms with Crippen molar-refractivity contribution in [1.82, 2.24) is 4.90 Å². The van der Waals surface area contributed by atoms with E-state index in [0.29, 0.717) is 6.42 Å². The van der Waals surface area contributed by atoms with Gasteiger partial charge in [-0.25, -0.2) is 0 Å². The lowest BCUT2D eigenvalue weighted by Gasteiger charge is -2.39. The molecule has 2 heterocycles. The fourth-order valence-corrected chi connectivity index (χ4v) is 3.61. The first-order valence-corrected chi connectivity index (χ1v) is 8.30. The zero-order valence-electron chi connectivity index (χ0n) is 14.2. The SMILES string of the molecule is Cc1cc2c(cc1C)OC(C(=O)N1CCCCC1C(C)N)C2.Cl. The number of nitrogens with zero attached hydrogens (tertiary/aromatic N) is 1. The minimum Gasteiger partial charge on any atom is -0.480 e. The smallest absolute Gasteiger partial charge is 0.264 e. The number of nitrogens with two attached hydrogens (primary N) is 1. The number of likely N-dealkylation sites (tertiary alicyclic amines) is 1. The molecule has 5 heteroatoms. The predicted molar refractivity (Wildman–Crippen MR) is 94.3 cm³/mol. The molecule has 1 aromatic carbocycles. The molecule has 0 bridgehead atoms. The van der Waals surface area contributed by atoms with Crippen LogP contribution in [0.25, 0.3) is 0 Å². The van der Waals surface area contributed by atoms with Crippen LogP contribution in [0.2, 0.25) is 0 Å².